The van der Waals surface area contributed by atoms with Gasteiger partial charge in [-0.25, -0.2) is 0 Å². The quantitative estimate of drug-likeness (QED) is 0.608. The molecule has 112 valence electrons. The van der Waals surface area contributed by atoms with Gasteiger partial charge in [-0.1, -0.05) is 26.7 Å². The van der Waals surface area contributed by atoms with E-state index in [4.69, 9.17) is 0 Å². The van der Waals surface area contributed by atoms with Crippen LogP contribution >= 0.6 is 0 Å². The van der Waals surface area contributed by atoms with Gasteiger partial charge in [0.2, 0.25) is 0 Å². The van der Waals surface area contributed by atoms with Gasteiger partial charge in [-0.2, -0.15) is 0 Å². The van der Waals surface area contributed by atoms with Crippen LogP contribution in [-0.4, -0.2) is 5.78 Å². The van der Waals surface area contributed by atoms with Crippen molar-refractivity contribution in [2.75, 3.05) is 0 Å². The fraction of sp³-hybridized carbons (Fsp3) is 0.947. The SMILES string of the molecule is C[C@@]12CCC(=O)[C@H]1[C@@H]1CC[C@H]3CCCC[C@]3(C)[C@H]1CC2. The lowest BCUT2D eigenvalue weighted by Crippen LogP contribution is -2.53. The van der Waals surface area contributed by atoms with Crippen molar-refractivity contribution in [1.82, 2.24) is 0 Å². The summed E-state index contributed by atoms with van der Waals surface area (Å²) in [6, 6.07) is 0. The molecule has 0 spiro atoms. The van der Waals surface area contributed by atoms with Gasteiger partial charge in [-0.05, 0) is 73.5 Å². The smallest absolute Gasteiger partial charge is 0.136 e. The normalized spacial score (nSPS) is 55.0. The lowest BCUT2D eigenvalue weighted by molar-refractivity contribution is -0.138. The number of rotatable bonds is 0. The van der Waals surface area contributed by atoms with Gasteiger partial charge in [0.25, 0.3) is 0 Å². The molecule has 4 aliphatic rings. The second-order valence-electron chi connectivity index (χ2n) is 8.93. The number of carbonyl (C=O) groups excluding carboxylic acids is 1. The summed E-state index contributed by atoms with van der Waals surface area (Å²) in [5.41, 5.74) is 0.946. The maximum absolute atomic E-state index is 12.5. The first-order chi connectivity index (χ1) is 9.55. The topological polar surface area (TPSA) is 17.1 Å². The van der Waals surface area contributed by atoms with E-state index in [-0.39, 0.29) is 0 Å². The summed E-state index contributed by atoms with van der Waals surface area (Å²) < 4.78 is 0. The minimum atomic E-state index is 0.371. The Labute approximate surface area is 123 Å². The molecular formula is C19H30O. The number of Topliss-reactive ketones (excluding diaryl/α,β-unsaturated/α-hetero) is 1. The van der Waals surface area contributed by atoms with Crippen LogP contribution in [0.25, 0.3) is 0 Å². The van der Waals surface area contributed by atoms with E-state index in [9.17, 15) is 4.79 Å². The number of carbonyl (C=O) groups is 1. The minimum Gasteiger partial charge on any atom is -0.299 e. The lowest BCUT2D eigenvalue weighted by atomic mass is 9.45. The van der Waals surface area contributed by atoms with Crippen LogP contribution in [0.2, 0.25) is 0 Å². The molecule has 6 atom stereocenters. The maximum atomic E-state index is 12.5. The van der Waals surface area contributed by atoms with Crippen LogP contribution in [0.15, 0.2) is 0 Å². The van der Waals surface area contributed by atoms with Crippen molar-refractivity contribution in [1.29, 1.82) is 0 Å². The van der Waals surface area contributed by atoms with Crippen molar-refractivity contribution in [2.45, 2.75) is 78.1 Å². The first-order valence-corrected chi connectivity index (χ1v) is 9.07. The highest BCUT2D eigenvalue weighted by Gasteiger charge is 2.59. The predicted molar refractivity (Wildman–Crippen MR) is 81.4 cm³/mol. The van der Waals surface area contributed by atoms with Crippen LogP contribution in [0.4, 0.5) is 0 Å². The molecule has 4 rings (SSSR count). The molecule has 0 aromatic carbocycles. The standard InChI is InChI=1S/C19H30O/c1-18-11-8-15-14(17(18)16(20)9-12-18)7-6-13-5-3-4-10-19(13,15)2/h13-15,17H,3-12H2,1-2H3/t13-,14-,15+,17-,18-,19+/m1/s1. The molecule has 4 fully saturated rings. The van der Waals surface area contributed by atoms with Crippen LogP contribution in [0.5, 0.6) is 0 Å². The number of hydrogen-bond donors (Lipinski definition) is 0. The number of ketones is 1. The molecule has 0 aliphatic heterocycles. The van der Waals surface area contributed by atoms with Crippen molar-refractivity contribution < 1.29 is 4.79 Å². The van der Waals surface area contributed by atoms with E-state index in [0.717, 1.165) is 24.2 Å². The van der Waals surface area contributed by atoms with Gasteiger partial charge < -0.3 is 0 Å². The Morgan fingerprint density at radius 3 is 2.65 bits per heavy atom. The van der Waals surface area contributed by atoms with E-state index in [1.54, 1.807) is 0 Å². The predicted octanol–water partition coefficient (Wildman–Crippen LogP) is 4.99. The van der Waals surface area contributed by atoms with Crippen molar-refractivity contribution in [2.24, 2.45) is 34.5 Å². The van der Waals surface area contributed by atoms with Gasteiger partial charge in [0.1, 0.15) is 5.78 Å². The molecule has 0 radical (unpaired) electrons. The third-order valence-electron chi connectivity index (χ3n) is 8.16. The van der Waals surface area contributed by atoms with Gasteiger partial charge in [0.15, 0.2) is 0 Å². The van der Waals surface area contributed by atoms with Gasteiger partial charge in [0.05, 0.1) is 0 Å². The van der Waals surface area contributed by atoms with E-state index in [2.05, 4.69) is 13.8 Å². The average Bonchev–Trinajstić information content (AvgIpc) is 2.74. The Morgan fingerprint density at radius 1 is 0.950 bits per heavy atom. The Kier molecular flexibility index (Phi) is 2.89. The zero-order chi connectivity index (χ0) is 14.0. The van der Waals surface area contributed by atoms with E-state index in [1.165, 1.54) is 57.8 Å². The van der Waals surface area contributed by atoms with Crippen molar-refractivity contribution in [3.05, 3.63) is 0 Å². The molecule has 4 aliphatic carbocycles. The van der Waals surface area contributed by atoms with Crippen molar-refractivity contribution >= 4 is 5.78 Å². The van der Waals surface area contributed by atoms with Crippen LogP contribution in [0.3, 0.4) is 0 Å². The highest BCUT2D eigenvalue weighted by Crippen LogP contribution is 2.65. The van der Waals surface area contributed by atoms with E-state index >= 15 is 0 Å². The summed E-state index contributed by atoms with van der Waals surface area (Å²) in [6.07, 6.45) is 13.4. The van der Waals surface area contributed by atoms with E-state index in [1.807, 2.05) is 0 Å². The molecule has 0 saturated heterocycles. The third kappa shape index (κ3) is 1.64. The largest absolute Gasteiger partial charge is 0.299 e. The van der Waals surface area contributed by atoms with Crippen LogP contribution in [-0.2, 0) is 4.79 Å². The fourth-order valence-electron chi connectivity index (χ4n) is 7.05. The molecule has 1 heteroatoms. The van der Waals surface area contributed by atoms with E-state index < -0.39 is 0 Å². The Hall–Kier alpha value is -0.330. The molecule has 0 bridgehead atoms. The molecule has 4 saturated carbocycles. The zero-order valence-electron chi connectivity index (χ0n) is 13.3. The van der Waals surface area contributed by atoms with Gasteiger partial charge in [-0.3, -0.25) is 4.79 Å². The second kappa shape index (κ2) is 4.34. The summed E-state index contributed by atoms with van der Waals surface area (Å²) in [4.78, 5) is 12.5. The van der Waals surface area contributed by atoms with Gasteiger partial charge >= 0.3 is 0 Å². The lowest BCUT2D eigenvalue weighted by Gasteiger charge is -2.59. The molecule has 1 nitrogen and oxygen atoms in total. The molecule has 0 aromatic rings. The molecule has 0 aromatic heterocycles. The summed E-state index contributed by atoms with van der Waals surface area (Å²) in [6.45, 7) is 5.02. The van der Waals surface area contributed by atoms with Gasteiger partial charge in [-0.15, -0.1) is 0 Å². The van der Waals surface area contributed by atoms with Crippen LogP contribution in [0, 0.1) is 34.5 Å². The molecule has 0 amide bonds. The van der Waals surface area contributed by atoms with E-state index in [0.29, 0.717) is 22.5 Å². The summed E-state index contributed by atoms with van der Waals surface area (Å²) >= 11 is 0. The zero-order valence-corrected chi connectivity index (χ0v) is 13.3. The highest BCUT2D eigenvalue weighted by atomic mass is 16.1. The Balaban J connectivity index is 1.68. The fourth-order valence-corrected chi connectivity index (χ4v) is 7.05. The Bertz CT molecular complexity index is 427. The van der Waals surface area contributed by atoms with Crippen LogP contribution < -0.4 is 0 Å². The second-order valence-corrected chi connectivity index (χ2v) is 8.93. The average molecular weight is 274 g/mol. The highest BCUT2D eigenvalue weighted by molar-refractivity contribution is 5.84. The molecule has 0 N–H and O–H groups in total. The molecule has 0 heterocycles. The van der Waals surface area contributed by atoms with Crippen LogP contribution in [0.1, 0.15) is 78.1 Å². The first kappa shape index (κ1) is 13.3. The van der Waals surface area contributed by atoms with Crippen molar-refractivity contribution in [3.8, 4) is 0 Å². The van der Waals surface area contributed by atoms with Crippen molar-refractivity contribution in [3.63, 3.8) is 0 Å². The Morgan fingerprint density at radius 2 is 1.80 bits per heavy atom. The summed E-state index contributed by atoms with van der Waals surface area (Å²) in [5, 5.41) is 0. The third-order valence-corrected chi connectivity index (χ3v) is 8.16. The summed E-state index contributed by atoms with van der Waals surface area (Å²) in [5.74, 6) is 3.63. The molecule has 0 unspecified atom stereocenters. The molecular weight excluding hydrogens is 244 g/mol. The molecule has 20 heavy (non-hydrogen) atoms. The maximum Gasteiger partial charge on any atom is 0.136 e. The first-order valence-electron chi connectivity index (χ1n) is 9.07. The number of fused-ring (bicyclic) bond motifs is 5. The minimum absolute atomic E-state index is 0.371. The monoisotopic (exact) mass is 274 g/mol. The summed E-state index contributed by atoms with van der Waals surface area (Å²) in [7, 11) is 0. The number of hydrogen-bond acceptors (Lipinski definition) is 1. The van der Waals surface area contributed by atoms with Gasteiger partial charge in [0, 0.05) is 12.3 Å².